The van der Waals surface area contributed by atoms with Gasteiger partial charge in [0.1, 0.15) is 6.10 Å². The lowest BCUT2D eigenvalue weighted by atomic mass is 9.80. The van der Waals surface area contributed by atoms with E-state index in [1.807, 2.05) is 0 Å². The van der Waals surface area contributed by atoms with Gasteiger partial charge in [-0.1, -0.05) is 13.0 Å². The molecule has 2 nitrogen and oxygen atoms in total. The molecular formula is C10H14O2S. The van der Waals surface area contributed by atoms with Crippen molar-refractivity contribution in [1.29, 1.82) is 0 Å². The highest BCUT2D eigenvalue weighted by atomic mass is 32.1. The SMILES string of the molecule is COCC1(C)COC1c1cccs1. The molecule has 13 heavy (non-hydrogen) atoms. The minimum atomic E-state index is 0.180. The van der Waals surface area contributed by atoms with Crippen molar-refractivity contribution in [2.75, 3.05) is 20.3 Å². The van der Waals surface area contributed by atoms with E-state index in [-0.39, 0.29) is 11.5 Å². The first-order chi connectivity index (χ1) is 6.26. The van der Waals surface area contributed by atoms with Crippen LogP contribution in [-0.2, 0) is 9.47 Å². The van der Waals surface area contributed by atoms with Crippen molar-refractivity contribution in [3.63, 3.8) is 0 Å². The van der Waals surface area contributed by atoms with Crippen LogP contribution in [0, 0.1) is 5.41 Å². The van der Waals surface area contributed by atoms with Gasteiger partial charge >= 0.3 is 0 Å². The predicted molar refractivity (Wildman–Crippen MR) is 53.0 cm³/mol. The second-order valence-corrected chi connectivity index (χ2v) is 4.77. The summed E-state index contributed by atoms with van der Waals surface area (Å²) >= 11 is 1.75. The molecule has 2 heterocycles. The summed E-state index contributed by atoms with van der Waals surface area (Å²) in [4.78, 5) is 1.31. The molecule has 1 aromatic heterocycles. The third-order valence-corrected chi connectivity index (χ3v) is 3.40. The zero-order chi connectivity index (χ0) is 9.31. The molecule has 1 aliphatic rings. The number of hydrogen-bond acceptors (Lipinski definition) is 3. The second-order valence-electron chi connectivity index (χ2n) is 3.79. The van der Waals surface area contributed by atoms with Crippen molar-refractivity contribution in [2.24, 2.45) is 5.41 Å². The highest BCUT2D eigenvalue weighted by molar-refractivity contribution is 7.10. The van der Waals surface area contributed by atoms with Crippen LogP contribution in [0.2, 0.25) is 0 Å². The molecule has 0 amide bonds. The Morgan fingerprint density at radius 2 is 2.62 bits per heavy atom. The smallest absolute Gasteiger partial charge is 0.101 e. The van der Waals surface area contributed by atoms with Crippen LogP contribution < -0.4 is 0 Å². The first-order valence-electron chi connectivity index (χ1n) is 4.40. The first-order valence-corrected chi connectivity index (χ1v) is 5.28. The van der Waals surface area contributed by atoms with Crippen LogP contribution in [0.5, 0.6) is 0 Å². The molecule has 2 rings (SSSR count). The van der Waals surface area contributed by atoms with Crippen LogP contribution >= 0.6 is 11.3 Å². The molecule has 1 aliphatic heterocycles. The summed E-state index contributed by atoms with van der Waals surface area (Å²) in [6, 6.07) is 4.19. The molecule has 2 unspecified atom stereocenters. The Morgan fingerprint density at radius 1 is 1.77 bits per heavy atom. The van der Waals surface area contributed by atoms with E-state index in [1.54, 1.807) is 18.4 Å². The summed E-state index contributed by atoms with van der Waals surface area (Å²) in [6.07, 6.45) is 0.243. The third-order valence-electron chi connectivity index (χ3n) is 2.49. The summed E-state index contributed by atoms with van der Waals surface area (Å²) in [7, 11) is 1.75. The molecule has 0 spiro atoms. The molecule has 2 atom stereocenters. The van der Waals surface area contributed by atoms with Gasteiger partial charge < -0.3 is 9.47 Å². The molecule has 0 saturated carbocycles. The normalized spacial score (nSPS) is 32.9. The van der Waals surface area contributed by atoms with E-state index in [4.69, 9.17) is 9.47 Å². The molecule has 0 N–H and O–H groups in total. The fourth-order valence-corrected chi connectivity index (χ4v) is 2.71. The van der Waals surface area contributed by atoms with Gasteiger partial charge in [0.05, 0.1) is 13.2 Å². The number of thiophene rings is 1. The van der Waals surface area contributed by atoms with Gasteiger partial charge in [0.2, 0.25) is 0 Å². The highest BCUT2D eigenvalue weighted by Crippen LogP contribution is 2.47. The van der Waals surface area contributed by atoms with Crippen LogP contribution in [0.15, 0.2) is 17.5 Å². The second kappa shape index (κ2) is 3.40. The summed E-state index contributed by atoms with van der Waals surface area (Å²) in [5.74, 6) is 0. The largest absolute Gasteiger partial charge is 0.384 e. The topological polar surface area (TPSA) is 18.5 Å². The number of hydrogen-bond donors (Lipinski definition) is 0. The highest BCUT2D eigenvalue weighted by Gasteiger charge is 2.45. The molecule has 0 aromatic carbocycles. The van der Waals surface area contributed by atoms with Crippen molar-refractivity contribution in [3.05, 3.63) is 22.4 Å². The van der Waals surface area contributed by atoms with E-state index >= 15 is 0 Å². The van der Waals surface area contributed by atoms with Crippen LogP contribution in [0.3, 0.4) is 0 Å². The standard InChI is InChI=1S/C10H14O2S/c1-10(6-11-2)7-12-9(10)8-4-3-5-13-8/h3-5,9H,6-7H2,1-2H3. The Kier molecular flexibility index (Phi) is 2.41. The minimum Gasteiger partial charge on any atom is -0.384 e. The van der Waals surface area contributed by atoms with E-state index in [2.05, 4.69) is 24.4 Å². The van der Waals surface area contributed by atoms with Crippen LogP contribution in [0.1, 0.15) is 17.9 Å². The fraction of sp³-hybridized carbons (Fsp3) is 0.600. The molecule has 0 bridgehead atoms. The maximum absolute atomic E-state index is 5.57. The van der Waals surface area contributed by atoms with Gasteiger partial charge in [-0.05, 0) is 11.4 Å². The summed E-state index contributed by atoms with van der Waals surface area (Å²) in [5.41, 5.74) is 0.180. The maximum Gasteiger partial charge on any atom is 0.101 e. The molecule has 0 aliphatic carbocycles. The Labute approximate surface area is 82.5 Å². The van der Waals surface area contributed by atoms with Crippen molar-refractivity contribution >= 4 is 11.3 Å². The first kappa shape index (κ1) is 9.19. The zero-order valence-corrected chi connectivity index (χ0v) is 8.76. The molecule has 3 heteroatoms. The lowest BCUT2D eigenvalue weighted by Gasteiger charge is -2.45. The Hall–Kier alpha value is -0.380. The fourth-order valence-electron chi connectivity index (χ4n) is 1.76. The lowest BCUT2D eigenvalue weighted by Crippen LogP contribution is -2.46. The average Bonchev–Trinajstić information content (AvgIpc) is 2.56. The van der Waals surface area contributed by atoms with E-state index in [9.17, 15) is 0 Å². The van der Waals surface area contributed by atoms with Crippen molar-refractivity contribution in [2.45, 2.75) is 13.0 Å². The number of ether oxygens (including phenoxy) is 2. The Morgan fingerprint density at radius 3 is 3.08 bits per heavy atom. The minimum absolute atomic E-state index is 0.180. The van der Waals surface area contributed by atoms with E-state index in [0.29, 0.717) is 0 Å². The summed E-state index contributed by atoms with van der Waals surface area (Å²) in [6.45, 7) is 3.80. The van der Waals surface area contributed by atoms with Crippen LogP contribution in [0.4, 0.5) is 0 Å². The van der Waals surface area contributed by atoms with Gasteiger partial charge in [-0.15, -0.1) is 11.3 Å². The lowest BCUT2D eigenvalue weighted by molar-refractivity contribution is -0.201. The molecule has 1 saturated heterocycles. The quantitative estimate of drug-likeness (QED) is 0.743. The molecular weight excluding hydrogens is 184 g/mol. The maximum atomic E-state index is 5.57. The Balaban J connectivity index is 2.10. The predicted octanol–water partition coefficient (Wildman–Crippen LogP) is 2.47. The van der Waals surface area contributed by atoms with Crippen LogP contribution in [0.25, 0.3) is 0 Å². The third kappa shape index (κ3) is 1.52. The molecule has 1 fully saturated rings. The van der Waals surface area contributed by atoms with Crippen molar-refractivity contribution in [1.82, 2.24) is 0 Å². The van der Waals surface area contributed by atoms with Crippen molar-refractivity contribution < 1.29 is 9.47 Å². The van der Waals surface area contributed by atoms with Gasteiger partial charge in [0.15, 0.2) is 0 Å². The average molecular weight is 198 g/mol. The van der Waals surface area contributed by atoms with E-state index in [1.165, 1.54) is 4.88 Å². The van der Waals surface area contributed by atoms with Gasteiger partial charge in [0, 0.05) is 17.4 Å². The molecule has 0 radical (unpaired) electrons. The zero-order valence-electron chi connectivity index (χ0n) is 7.95. The molecule has 72 valence electrons. The number of methoxy groups -OCH3 is 1. The Bertz CT molecular complexity index is 270. The van der Waals surface area contributed by atoms with E-state index < -0.39 is 0 Å². The van der Waals surface area contributed by atoms with Crippen LogP contribution in [-0.4, -0.2) is 20.3 Å². The summed E-state index contributed by atoms with van der Waals surface area (Å²) in [5, 5.41) is 2.09. The number of rotatable bonds is 3. The van der Waals surface area contributed by atoms with Crippen molar-refractivity contribution in [3.8, 4) is 0 Å². The van der Waals surface area contributed by atoms with Gasteiger partial charge in [-0.25, -0.2) is 0 Å². The van der Waals surface area contributed by atoms with Gasteiger partial charge in [0.25, 0.3) is 0 Å². The van der Waals surface area contributed by atoms with Gasteiger partial charge in [-0.2, -0.15) is 0 Å². The van der Waals surface area contributed by atoms with E-state index in [0.717, 1.165) is 13.2 Å². The monoisotopic (exact) mass is 198 g/mol. The molecule has 1 aromatic rings. The van der Waals surface area contributed by atoms with Gasteiger partial charge in [-0.3, -0.25) is 0 Å². The summed E-state index contributed by atoms with van der Waals surface area (Å²) < 4.78 is 10.8.